The van der Waals surface area contributed by atoms with Gasteiger partial charge in [-0.2, -0.15) is 0 Å². The molecule has 23 heavy (non-hydrogen) atoms. The minimum Gasteiger partial charge on any atom is -0.508 e. The van der Waals surface area contributed by atoms with E-state index in [0.29, 0.717) is 50.1 Å². The quantitative estimate of drug-likeness (QED) is 0.712. The molecule has 2 fully saturated rings. The van der Waals surface area contributed by atoms with Crippen LogP contribution in [-0.4, -0.2) is 63.6 Å². The number of aromatic hydroxyl groups is 1. The van der Waals surface area contributed by atoms with Gasteiger partial charge in [0.15, 0.2) is 0 Å². The highest BCUT2D eigenvalue weighted by molar-refractivity contribution is 5.94. The van der Waals surface area contributed by atoms with Gasteiger partial charge in [0.1, 0.15) is 11.9 Å². The van der Waals surface area contributed by atoms with Crippen molar-refractivity contribution in [3.05, 3.63) is 29.3 Å². The lowest BCUT2D eigenvalue weighted by molar-refractivity contribution is -0.212. The maximum Gasteiger partial charge on any atom is 0.253 e. The fraction of sp³-hybridized carbons (Fsp3) is 0.588. The van der Waals surface area contributed by atoms with Crippen LogP contribution in [0.15, 0.2) is 18.2 Å². The summed E-state index contributed by atoms with van der Waals surface area (Å²) in [6, 6.07) is 4.82. The molecule has 0 aliphatic carbocycles. The summed E-state index contributed by atoms with van der Waals surface area (Å²) in [7, 11) is 0. The maximum absolute atomic E-state index is 12.6. The van der Waals surface area contributed by atoms with Crippen molar-refractivity contribution in [2.75, 3.05) is 19.7 Å². The number of phenolic OH excluding ortho intramolecular Hbond substituents is 1. The Morgan fingerprint density at radius 3 is 2.65 bits per heavy atom. The molecule has 2 heterocycles. The third-order valence-corrected chi connectivity index (χ3v) is 5.05. The van der Waals surface area contributed by atoms with E-state index in [-0.39, 0.29) is 11.7 Å². The van der Waals surface area contributed by atoms with Gasteiger partial charge in [0.2, 0.25) is 0 Å². The van der Waals surface area contributed by atoms with Crippen LogP contribution in [0.2, 0.25) is 0 Å². The van der Waals surface area contributed by atoms with Crippen LogP contribution in [0.5, 0.6) is 5.75 Å². The van der Waals surface area contributed by atoms with Gasteiger partial charge in [-0.15, -0.1) is 0 Å². The lowest BCUT2D eigenvalue weighted by atomic mass is 9.80. The zero-order valence-corrected chi connectivity index (χ0v) is 13.2. The summed E-state index contributed by atoms with van der Waals surface area (Å²) in [6.45, 7) is 3.14. The van der Waals surface area contributed by atoms with E-state index < -0.39 is 17.8 Å². The number of aliphatic hydroxyl groups excluding tert-OH is 2. The van der Waals surface area contributed by atoms with Crippen LogP contribution in [0.1, 0.15) is 35.2 Å². The van der Waals surface area contributed by atoms with Crippen LogP contribution in [-0.2, 0) is 4.74 Å². The maximum atomic E-state index is 12.6. The van der Waals surface area contributed by atoms with E-state index in [0.717, 1.165) is 0 Å². The molecule has 1 amide bonds. The smallest absolute Gasteiger partial charge is 0.253 e. The Balaban J connectivity index is 1.68. The molecule has 2 aliphatic rings. The molecule has 0 aromatic heterocycles. The average Bonchev–Trinajstić information content (AvgIpc) is 2.55. The Bertz CT molecular complexity index is 595. The van der Waals surface area contributed by atoms with E-state index in [2.05, 4.69) is 0 Å². The normalized spacial score (nSPS) is 27.2. The zero-order valence-electron chi connectivity index (χ0n) is 13.2. The fourth-order valence-corrected chi connectivity index (χ4v) is 3.48. The van der Waals surface area contributed by atoms with Gasteiger partial charge in [0.25, 0.3) is 5.91 Å². The van der Waals surface area contributed by atoms with Gasteiger partial charge in [-0.05, 0) is 49.9 Å². The highest BCUT2D eigenvalue weighted by Crippen LogP contribution is 2.35. The third kappa shape index (κ3) is 2.94. The van der Waals surface area contributed by atoms with Crippen molar-refractivity contribution < 1.29 is 24.9 Å². The summed E-state index contributed by atoms with van der Waals surface area (Å²) in [6.07, 6.45) is -0.199. The molecule has 3 rings (SSSR count). The van der Waals surface area contributed by atoms with Crippen LogP contribution in [0.25, 0.3) is 0 Å². The molecule has 126 valence electrons. The van der Waals surface area contributed by atoms with Crippen LogP contribution in [0.4, 0.5) is 0 Å². The number of rotatable bonds is 1. The first-order valence-corrected chi connectivity index (χ1v) is 8.02. The number of hydrogen-bond acceptors (Lipinski definition) is 5. The summed E-state index contributed by atoms with van der Waals surface area (Å²) < 4.78 is 5.78. The summed E-state index contributed by atoms with van der Waals surface area (Å²) in [5.41, 5.74) is 0.471. The topological polar surface area (TPSA) is 90.2 Å². The Kier molecular flexibility index (Phi) is 4.31. The number of carbonyl (C=O) groups excluding carboxylic acids is 1. The number of hydrogen-bond donors (Lipinski definition) is 3. The molecule has 6 nitrogen and oxygen atoms in total. The number of carbonyl (C=O) groups is 1. The van der Waals surface area contributed by atoms with Gasteiger partial charge < -0.3 is 25.0 Å². The van der Waals surface area contributed by atoms with Gasteiger partial charge in [-0.3, -0.25) is 4.79 Å². The molecule has 0 radical (unpaired) electrons. The summed E-state index contributed by atoms with van der Waals surface area (Å²) in [5, 5.41) is 29.7. The van der Waals surface area contributed by atoms with Gasteiger partial charge in [-0.1, -0.05) is 0 Å². The number of nitrogens with zero attached hydrogens (tertiary/aromatic N) is 1. The molecular weight excluding hydrogens is 298 g/mol. The monoisotopic (exact) mass is 321 g/mol. The summed E-state index contributed by atoms with van der Waals surface area (Å²) in [5.74, 6) is 0.0839. The summed E-state index contributed by atoms with van der Waals surface area (Å²) >= 11 is 0. The third-order valence-electron chi connectivity index (χ3n) is 5.05. The Morgan fingerprint density at radius 1 is 1.30 bits per heavy atom. The van der Waals surface area contributed by atoms with Crippen molar-refractivity contribution in [3.63, 3.8) is 0 Å². The molecule has 2 aliphatic heterocycles. The lowest BCUT2D eigenvalue weighted by Crippen LogP contribution is -2.60. The average molecular weight is 321 g/mol. The minimum absolute atomic E-state index is 0.0891. The van der Waals surface area contributed by atoms with E-state index in [1.54, 1.807) is 24.0 Å². The predicted octanol–water partition coefficient (Wildman–Crippen LogP) is 0.818. The van der Waals surface area contributed by atoms with Gasteiger partial charge in [0.05, 0.1) is 18.3 Å². The molecule has 3 N–H and O–H groups in total. The molecule has 1 aromatic carbocycles. The van der Waals surface area contributed by atoms with Gasteiger partial charge in [0, 0.05) is 18.7 Å². The molecular formula is C17H23NO5. The van der Waals surface area contributed by atoms with Crippen LogP contribution < -0.4 is 0 Å². The Morgan fingerprint density at radius 2 is 2.00 bits per heavy atom. The van der Waals surface area contributed by atoms with E-state index in [4.69, 9.17) is 4.74 Å². The second-order valence-corrected chi connectivity index (χ2v) is 6.51. The van der Waals surface area contributed by atoms with Crippen molar-refractivity contribution in [3.8, 4) is 5.75 Å². The van der Waals surface area contributed by atoms with Crippen LogP contribution >= 0.6 is 0 Å². The Hall–Kier alpha value is -1.63. The number of phenols is 1. The molecule has 1 spiro atoms. The largest absolute Gasteiger partial charge is 0.508 e. The molecule has 2 atom stereocenters. The first-order valence-electron chi connectivity index (χ1n) is 8.02. The molecule has 0 saturated carbocycles. The number of aryl methyl sites for hydroxylation is 1. The van der Waals surface area contributed by atoms with E-state index in [9.17, 15) is 20.1 Å². The SMILES string of the molecule is Cc1cc(C(=O)N2CCC3(CC2)OCC[C@H](O)[C@@H]3O)ccc1O. The molecule has 0 bridgehead atoms. The van der Waals surface area contributed by atoms with Gasteiger partial charge >= 0.3 is 0 Å². The highest BCUT2D eigenvalue weighted by Gasteiger charge is 2.48. The van der Waals surface area contributed by atoms with E-state index in [1.807, 2.05) is 0 Å². The van der Waals surface area contributed by atoms with Crippen molar-refractivity contribution in [1.82, 2.24) is 4.90 Å². The number of piperidine rings is 1. The number of amides is 1. The highest BCUT2D eigenvalue weighted by atomic mass is 16.5. The van der Waals surface area contributed by atoms with Crippen molar-refractivity contribution in [2.24, 2.45) is 0 Å². The van der Waals surface area contributed by atoms with Crippen molar-refractivity contribution in [2.45, 2.75) is 44.0 Å². The first-order chi connectivity index (χ1) is 10.9. The predicted molar refractivity (Wildman–Crippen MR) is 83.3 cm³/mol. The lowest BCUT2D eigenvalue weighted by Gasteiger charge is -2.48. The molecule has 2 saturated heterocycles. The molecule has 6 heteroatoms. The molecule has 1 aromatic rings. The minimum atomic E-state index is -0.899. The second kappa shape index (κ2) is 6.11. The number of benzene rings is 1. The van der Waals surface area contributed by atoms with Gasteiger partial charge in [-0.25, -0.2) is 0 Å². The van der Waals surface area contributed by atoms with E-state index >= 15 is 0 Å². The zero-order chi connectivity index (χ0) is 16.6. The second-order valence-electron chi connectivity index (χ2n) is 6.51. The fourth-order valence-electron chi connectivity index (χ4n) is 3.48. The number of aliphatic hydroxyl groups is 2. The van der Waals surface area contributed by atoms with Crippen molar-refractivity contribution in [1.29, 1.82) is 0 Å². The number of likely N-dealkylation sites (tertiary alicyclic amines) is 1. The van der Waals surface area contributed by atoms with Crippen LogP contribution in [0, 0.1) is 6.92 Å². The number of ether oxygens (including phenoxy) is 1. The van der Waals surface area contributed by atoms with E-state index in [1.165, 1.54) is 6.07 Å². The standard InChI is InChI=1S/C17H23NO5/c1-11-10-12(2-3-13(11)19)16(22)18-7-5-17(6-8-18)15(21)14(20)4-9-23-17/h2-3,10,14-15,19-21H,4-9H2,1H3/t14-,15-/m0/s1. The molecule has 0 unspecified atom stereocenters. The van der Waals surface area contributed by atoms with Crippen LogP contribution in [0.3, 0.4) is 0 Å². The summed E-state index contributed by atoms with van der Waals surface area (Å²) in [4.78, 5) is 14.3. The first kappa shape index (κ1) is 16.2. The Labute approximate surface area is 135 Å². The van der Waals surface area contributed by atoms with Crippen molar-refractivity contribution >= 4 is 5.91 Å².